The summed E-state index contributed by atoms with van der Waals surface area (Å²) in [6.07, 6.45) is 0.992. The van der Waals surface area contributed by atoms with Crippen molar-refractivity contribution in [3.05, 3.63) is 70.3 Å². The molecule has 0 spiro atoms. The van der Waals surface area contributed by atoms with Crippen LogP contribution in [0.1, 0.15) is 12.5 Å². The zero-order valence-corrected chi connectivity index (χ0v) is 18.4. The molecule has 0 saturated carbocycles. The van der Waals surface area contributed by atoms with Crippen LogP contribution in [-0.2, 0) is 6.54 Å². The average Bonchev–Trinajstić information content (AvgIpc) is 2.81. The number of aromatic nitrogens is 3. The van der Waals surface area contributed by atoms with Gasteiger partial charge in [0.05, 0.1) is 7.11 Å². The first kappa shape index (κ1) is 22.3. The van der Waals surface area contributed by atoms with E-state index < -0.39 is 17.3 Å². The smallest absolute Gasteiger partial charge is 0.256 e. The van der Waals surface area contributed by atoms with Crippen LogP contribution in [0.5, 0.6) is 5.75 Å². The van der Waals surface area contributed by atoms with E-state index in [1.54, 1.807) is 31.4 Å². The lowest BCUT2D eigenvalue weighted by atomic mass is 10.0. The lowest BCUT2D eigenvalue weighted by Crippen LogP contribution is -2.17. The average molecular weight is 451 g/mol. The molecule has 0 bridgehead atoms. The van der Waals surface area contributed by atoms with Crippen molar-refractivity contribution >= 4 is 16.6 Å². The van der Waals surface area contributed by atoms with Crippen LogP contribution < -0.4 is 16.0 Å². The van der Waals surface area contributed by atoms with E-state index in [1.807, 2.05) is 14.0 Å². The Hall–Kier alpha value is -3.85. The first-order chi connectivity index (χ1) is 15.8. The van der Waals surface area contributed by atoms with Gasteiger partial charge in [0.15, 0.2) is 5.82 Å². The number of nitrogen functional groups attached to an aromatic ring is 1. The van der Waals surface area contributed by atoms with Crippen molar-refractivity contribution in [2.45, 2.75) is 13.5 Å². The third-order valence-corrected chi connectivity index (χ3v) is 5.54. The third-order valence-electron chi connectivity index (χ3n) is 5.54. The molecule has 0 unspecified atom stereocenters. The zero-order chi connectivity index (χ0) is 23.7. The van der Waals surface area contributed by atoms with Gasteiger partial charge in [-0.05, 0) is 43.9 Å². The van der Waals surface area contributed by atoms with E-state index in [4.69, 9.17) is 10.5 Å². The lowest BCUT2D eigenvalue weighted by Gasteiger charge is -2.17. The molecule has 2 aromatic heterocycles. The number of ether oxygens (including phenoxy) is 1. The van der Waals surface area contributed by atoms with Gasteiger partial charge >= 0.3 is 0 Å². The number of nitrogens with one attached hydrogen (secondary N) is 1. The van der Waals surface area contributed by atoms with Crippen LogP contribution in [0, 0.1) is 11.8 Å². The molecule has 2 heterocycles. The van der Waals surface area contributed by atoms with Gasteiger partial charge in [-0.15, -0.1) is 0 Å². The second kappa shape index (κ2) is 8.95. The van der Waals surface area contributed by atoms with Gasteiger partial charge in [0.25, 0.3) is 5.56 Å². The topological polar surface area (TPSA) is 97.1 Å². The number of benzene rings is 2. The second-order valence-electron chi connectivity index (χ2n) is 7.68. The largest absolute Gasteiger partial charge is 0.496 e. The molecule has 3 N–H and O–H groups in total. The predicted octanol–water partition coefficient (Wildman–Crippen LogP) is 3.97. The highest BCUT2D eigenvalue weighted by Crippen LogP contribution is 2.32. The van der Waals surface area contributed by atoms with Gasteiger partial charge in [0, 0.05) is 40.2 Å². The standard InChI is InChI=1S/C24H23F2N5O2/c1-4-31(2)12-15-9-13(6-8-19(15)33-3)20-22(26)30-23(27)21(29-20)14-5-7-16-17(10-14)18(25)11-28-24(16)32/h5-11H,4,12H2,1-3H3,(H2,27,30)(H,28,32). The highest BCUT2D eigenvalue weighted by Gasteiger charge is 2.18. The molecule has 0 aliphatic heterocycles. The minimum atomic E-state index is -0.820. The van der Waals surface area contributed by atoms with Crippen LogP contribution in [0.25, 0.3) is 33.3 Å². The minimum absolute atomic E-state index is 0.00809. The van der Waals surface area contributed by atoms with Crippen molar-refractivity contribution in [1.29, 1.82) is 0 Å². The van der Waals surface area contributed by atoms with E-state index in [2.05, 4.69) is 19.9 Å². The number of methoxy groups -OCH3 is 1. The molecule has 4 rings (SSSR count). The molecule has 0 aliphatic carbocycles. The summed E-state index contributed by atoms with van der Waals surface area (Å²) >= 11 is 0. The molecule has 0 radical (unpaired) electrons. The summed E-state index contributed by atoms with van der Waals surface area (Å²) in [5.41, 5.74) is 7.54. The van der Waals surface area contributed by atoms with E-state index in [-0.39, 0.29) is 28.0 Å². The summed E-state index contributed by atoms with van der Waals surface area (Å²) in [5, 5.41) is 0.296. The molecule has 9 heteroatoms. The van der Waals surface area contributed by atoms with E-state index >= 15 is 0 Å². The van der Waals surface area contributed by atoms with Crippen LogP contribution in [0.4, 0.5) is 14.6 Å². The van der Waals surface area contributed by atoms with Gasteiger partial charge in [-0.3, -0.25) is 4.79 Å². The molecule has 33 heavy (non-hydrogen) atoms. The molecule has 0 fully saturated rings. The number of hydrogen-bond acceptors (Lipinski definition) is 6. The molecule has 0 saturated heterocycles. The second-order valence-corrected chi connectivity index (χ2v) is 7.68. The number of nitrogens with two attached hydrogens (primary N) is 1. The van der Waals surface area contributed by atoms with Crippen molar-refractivity contribution in [2.75, 3.05) is 26.4 Å². The Kier molecular flexibility index (Phi) is 6.06. The number of hydrogen-bond donors (Lipinski definition) is 2. The molecule has 0 atom stereocenters. The normalized spacial score (nSPS) is 11.3. The van der Waals surface area contributed by atoms with Crippen molar-refractivity contribution in [3.63, 3.8) is 0 Å². The van der Waals surface area contributed by atoms with Crippen LogP contribution in [0.2, 0.25) is 0 Å². The molecule has 0 aliphatic rings. The van der Waals surface area contributed by atoms with Crippen molar-refractivity contribution in [2.24, 2.45) is 0 Å². The Morgan fingerprint density at radius 3 is 2.52 bits per heavy atom. The maximum atomic E-state index is 14.8. The highest BCUT2D eigenvalue weighted by atomic mass is 19.1. The SMILES string of the molecule is CCN(C)Cc1cc(-c2nc(-c3ccc4c(=O)[nH]cc(F)c4c3)c(N)nc2F)ccc1OC. The molecular weight excluding hydrogens is 428 g/mol. The third kappa shape index (κ3) is 4.27. The number of pyridine rings is 1. The van der Waals surface area contributed by atoms with Crippen LogP contribution >= 0.6 is 0 Å². The zero-order valence-electron chi connectivity index (χ0n) is 18.4. The van der Waals surface area contributed by atoms with Gasteiger partial charge < -0.3 is 20.4 Å². The van der Waals surface area contributed by atoms with Crippen molar-refractivity contribution < 1.29 is 13.5 Å². The summed E-state index contributed by atoms with van der Waals surface area (Å²) in [6, 6.07) is 9.76. The summed E-state index contributed by atoms with van der Waals surface area (Å²) in [4.78, 5) is 24.7. The monoisotopic (exact) mass is 451 g/mol. The minimum Gasteiger partial charge on any atom is -0.496 e. The fourth-order valence-electron chi connectivity index (χ4n) is 3.65. The number of H-pyrrole nitrogens is 1. The van der Waals surface area contributed by atoms with Crippen molar-refractivity contribution in [3.8, 4) is 28.3 Å². The Bertz CT molecular complexity index is 1400. The van der Waals surface area contributed by atoms with Crippen LogP contribution in [0.3, 0.4) is 0 Å². The van der Waals surface area contributed by atoms with E-state index in [9.17, 15) is 13.6 Å². The number of fused-ring (bicyclic) bond motifs is 1. The van der Waals surface area contributed by atoms with Gasteiger partial charge in [0.2, 0.25) is 5.95 Å². The number of anilines is 1. The molecule has 170 valence electrons. The fraction of sp³-hybridized carbons (Fsp3) is 0.208. The molecule has 7 nitrogen and oxygen atoms in total. The van der Waals surface area contributed by atoms with Crippen LogP contribution in [0.15, 0.2) is 47.4 Å². The quantitative estimate of drug-likeness (QED) is 0.460. The first-order valence-electron chi connectivity index (χ1n) is 10.3. The Morgan fingerprint density at radius 2 is 1.79 bits per heavy atom. The Morgan fingerprint density at radius 1 is 1.06 bits per heavy atom. The lowest BCUT2D eigenvalue weighted by molar-refractivity contribution is 0.333. The Balaban J connectivity index is 1.85. The van der Waals surface area contributed by atoms with E-state index in [0.717, 1.165) is 18.3 Å². The predicted molar refractivity (Wildman–Crippen MR) is 124 cm³/mol. The Labute approximate surface area is 188 Å². The van der Waals surface area contributed by atoms with Gasteiger partial charge in [-0.2, -0.15) is 9.37 Å². The maximum Gasteiger partial charge on any atom is 0.256 e. The number of aromatic amines is 1. The number of nitrogens with zero attached hydrogens (tertiary/aromatic N) is 3. The van der Waals surface area contributed by atoms with Crippen LogP contribution in [-0.4, -0.2) is 40.6 Å². The summed E-state index contributed by atoms with van der Waals surface area (Å²) < 4.78 is 34.6. The van der Waals surface area contributed by atoms with E-state index in [1.165, 1.54) is 12.1 Å². The maximum absolute atomic E-state index is 14.8. The fourth-order valence-corrected chi connectivity index (χ4v) is 3.65. The number of rotatable bonds is 6. The molecular formula is C24H23F2N5O2. The van der Waals surface area contributed by atoms with Gasteiger partial charge in [-0.25, -0.2) is 9.37 Å². The van der Waals surface area contributed by atoms with Gasteiger partial charge in [0.1, 0.15) is 23.0 Å². The molecule has 2 aromatic carbocycles. The summed E-state index contributed by atoms with van der Waals surface area (Å²) in [6.45, 7) is 3.46. The number of halogens is 2. The van der Waals surface area contributed by atoms with Gasteiger partial charge in [-0.1, -0.05) is 13.0 Å². The summed E-state index contributed by atoms with van der Waals surface area (Å²) in [5.74, 6) is -0.876. The first-order valence-corrected chi connectivity index (χ1v) is 10.3. The van der Waals surface area contributed by atoms with Crippen molar-refractivity contribution in [1.82, 2.24) is 19.9 Å². The molecule has 4 aromatic rings. The highest BCUT2D eigenvalue weighted by molar-refractivity contribution is 5.88. The summed E-state index contributed by atoms with van der Waals surface area (Å²) in [7, 11) is 3.55. The molecule has 0 amide bonds. The van der Waals surface area contributed by atoms with E-state index in [0.29, 0.717) is 23.4 Å².